The molecular formula is C22H29N5O4. The third-order valence-corrected chi connectivity index (χ3v) is 6.22. The van der Waals surface area contributed by atoms with E-state index < -0.39 is 5.56 Å². The highest BCUT2D eigenvalue weighted by Gasteiger charge is 2.32. The van der Waals surface area contributed by atoms with Crippen LogP contribution < -0.4 is 5.56 Å². The van der Waals surface area contributed by atoms with Crippen molar-refractivity contribution in [3.05, 3.63) is 34.4 Å². The summed E-state index contributed by atoms with van der Waals surface area (Å²) in [6.07, 6.45) is 6.41. The molecule has 9 nitrogen and oxygen atoms in total. The van der Waals surface area contributed by atoms with E-state index in [-0.39, 0.29) is 23.4 Å². The van der Waals surface area contributed by atoms with Crippen molar-refractivity contribution >= 4 is 23.0 Å². The van der Waals surface area contributed by atoms with E-state index in [4.69, 9.17) is 4.74 Å². The highest BCUT2D eigenvalue weighted by molar-refractivity contribution is 5.93. The molecule has 4 rings (SSSR count). The second-order valence-electron chi connectivity index (χ2n) is 8.21. The third-order valence-electron chi connectivity index (χ3n) is 6.22. The molecule has 2 fully saturated rings. The number of amides is 2. The zero-order chi connectivity index (χ0) is 21.8. The highest BCUT2D eigenvalue weighted by atomic mass is 16.5. The predicted octanol–water partition coefficient (Wildman–Crippen LogP) is 1.30. The summed E-state index contributed by atoms with van der Waals surface area (Å²) in [7, 11) is 1.61. The van der Waals surface area contributed by atoms with Crippen LogP contribution in [-0.4, -0.2) is 76.0 Å². The minimum Gasteiger partial charge on any atom is -0.385 e. The molecule has 0 spiro atoms. The number of rotatable bonds is 6. The van der Waals surface area contributed by atoms with Gasteiger partial charge < -0.3 is 14.5 Å². The monoisotopic (exact) mass is 427 g/mol. The number of aromatic nitrogens is 3. The molecular weight excluding hydrogens is 398 g/mol. The van der Waals surface area contributed by atoms with E-state index in [1.165, 1.54) is 4.57 Å². The lowest BCUT2D eigenvalue weighted by atomic mass is 10.1. The smallest absolute Gasteiger partial charge is 0.283 e. The van der Waals surface area contributed by atoms with E-state index in [1.807, 2.05) is 4.90 Å². The molecule has 2 aromatic heterocycles. The van der Waals surface area contributed by atoms with Gasteiger partial charge in [0.05, 0.1) is 0 Å². The van der Waals surface area contributed by atoms with Crippen LogP contribution in [0.15, 0.2) is 23.1 Å². The molecule has 0 unspecified atom stereocenters. The molecule has 2 aliphatic rings. The number of hydrogen-bond acceptors (Lipinski definition) is 6. The molecule has 1 aliphatic carbocycles. The Balaban J connectivity index is 1.52. The summed E-state index contributed by atoms with van der Waals surface area (Å²) < 4.78 is 6.60. The molecule has 166 valence electrons. The van der Waals surface area contributed by atoms with Crippen molar-refractivity contribution in [3.8, 4) is 0 Å². The summed E-state index contributed by atoms with van der Waals surface area (Å²) in [6.45, 7) is 2.72. The van der Waals surface area contributed by atoms with Crippen LogP contribution in [0.2, 0.25) is 0 Å². The minimum absolute atomic E-state index is 0.0894. The number of hydrogen-bond donors (Lipinski definition) is 0. The van der Waals surface area contributed by atoms with Gasteiger partial charge in [-0.3, -0.25) is 19.0 Å². The highest BCUT2D eigenvalue weighted by Crippen LogP contribution is 2.27. The first kappa shape index (κ1) is 21.4. The van der Waals surface area contributed by atoms with E-state index in [0.717, 1.165) is 25.7 Å². The number of fused-ring (bicyclic) bond motifs is 1. The number of nitrogens with zero attached hydrogens (tertiary/aromatic N) is 5. The van der Waals surface area contributed by atoms with Crippen molar-refractivity contribution in [3.63, 3.8) is 0 Å². The Labute approximate surface area is 181 Å². The van der Waals surface area contributed by atoms with Crippen LogP contribution in [0.25, 0.3) is 11.2 Å². The van der Waals surface area contributed by atoms with Gasteiger partial charge in [-0.2, -0.15) is 0 Å². The summed E-state index contributed by atoms with van der Waals surface area (Å²) in [5, 5.41) is 0. The van der Waals surface area contributed by atoms with Crippen molar-refractivity contribution in [1.82, 2.24) is 24.3 Å². The molecule has 9 heteroatoms. The second-order valence-corrected chi connectivity index (χ2v) is 8.21. The van der Waals surface area contributed by atoms with Crippen LogP contribution in [0.1, 0.15) is 42.6 Å². The average molecular weight is 428 g/mol. The molecule has 31 heavy (non-hydrogen) atoms. The number of aryl methyl sites for hydroxylation is 1. The van der Waals surface area contributed by atoms with Gasteiger partial charge in [0.15, 0.2) is 11.3 Å². The normalized spacial score (nSPS) is 17.5. The molecule has 0 radical (unpaired) electrons. The Morgan fingerprint density at radius 2 is 1.84 bits per heavy atom. The van der Waals surface area contributed by atoms with Crippen LogP contribution in [0, 0.1) is 5.92 Å². The fraction of sp³-hybridized carbons (Fsp3) is 0.591. The summed E-state index contributed by atoms with van der Waals surface area (Å²) >= 11 is 0. The lowest BCUT2D eigenvalue weighted by Crippen LogP contribution is -2.52. The van der Waals surface area contributed by atoms with Crippen molar-refractivity contribution in [2.75, 3.05) is 39.9 Å². The van der Waals surface area contributed by atoms with Crippen molar-refractivity contribution < 1.29 is 14.3 Å². The fourth-order valence-corrected chi connectivity index (χ4v) is 4.50. The molecule has 2 aromatic rings. The number of carbonyl (C=O) groups excluding carboxylic acids is 2. The minimum atomic E-state index is -0.434. The first-order valence-corrected chi connectivity index (χ1v) is 11.0. The Hall–Kier alpha value is -2.81. The Morgan fingerprint density at radius 1 is 1.13 bits per heavy atom. The van der Waals surface area contributed by atoms with E-state index in [9.17, 15) is 14.4 Å². The Kier molecular flexibility index (Phi) is 6.60. The van der Waals surface area contributed by atoms with Crippen LogP contribution in [-0.2, 0) is 16.1 Å². The maximum Gasteiger partial charge on any atom is 0.283 e. The summed E-state index contributed by atoms with van der Waals surface area (Å²) in [5.41, 5.74) is 0.454. The van der Waals surface area contributed by atoms with Gasteiger partial charge in [0, 0.05) is 58.6 Å². The maximum absolute atomic E-state index is 13.2. The predicted molar refractivity (Wildman–Crippen MR) is 115 cm³/mol. The SMILES string of the molecule is COCCCn1c(=O)c(C(=O)N2CCN(C(=O)C3CCCC3)CC2)nc2cccnc21. The largest absolute Gasteiger partial charge is 0.385 e. The molecule has 2 amide bonds. The Bertz CT molecular complexity index is 1010. The molecule has 1 aliphatic heterocycles. The number of ether oxygens (including phenoxy) is 1. The van der Waals surface area contributed by atoms with Crippen LogP contribution in [0.5, 0.6) is 0 Å². The van der Waals surface area contributed by atoms with E-state index >= 15 is 0 Å². The van der Waals surface area contributed by atoms with Gasteiger partial charge in [0.2, 0.25) is 5.91 Å². The van der Waals surface area contributed by atoms with Crippen molar-refractivity contribution in [1.29, 1.82) is 0 Å². The number of piperazine rings is 1. The zero-order valence-electron chi connectivity index (χ0n) is 18.0. The van der Waals surface area contributed by atoms with Gasteiger partial charge in [-0.15, -0.1) is 0 Å². The quantitative estimate of drug-likeness (QED) is 0.645. The average Bonchev–Trinajstić information content (AvgIpc) is 3.34. The molecule has 1 saturated heterocycles. The van der Waals surface area contributed by atoms with Gasteiger partial charge in [-0.25, -0.2) is 9.97 Å². The molecule has 0 aromatic carbocycles. The van der Waals surface area contributed by atoms with Crippen LogP contribution in [0.3, 0.4) is 0 Å². The first-order valence-electron chi connectivity index (χ1n) is 11.0. The number of pyridine rings is 1. The van der Waals surface area contributed by atoms with Gasteiger partial charge >= 0.3 is 0 Å². The van der Waals surface area contributed by atoms with Gasteiger partial charge in [0.1, 0.15) is 5.52 Å². The summed E-state index contributed by atoms with van der Waals surface area (Å²) in [6, 6.07) is 3.49. The molecule has 3 heterocycles. The lowest BCUT2D eigenvalue weighted by Gasteiger charge is -2.35. The lowest BCUT2D eigenvalue weighted by molar-refractivity contribution is -0.136. The second kappa shape index (κ2) is 9.55. The van der Waals surface area contributed by atoms with Gasteiger partial charge in [-0.05, 0) is 31.4 Å². The molecule has 0 bridgehead atoms. The topological polar surface area (TPSA) is 97.6 Å². The molecule has 0 N–H and O–H groups in total. The third kappa shape index (κ3) is 4.46. The first-order chi connectivity index (χ1) is 15.1. The Morgan fingerprint density at radius 3 is 2.55 bits per heavy atom. The van der Waals surface area contributed by atoms with E-state index in [1.54, 1.807) is 30.3 Å². The van der Waals surface area contributed by atoms with Crippen LogP contribution in [0.4, 0.5) is 0 Å². The molecule has 0 atom stereocenters. The van der Waals surface area contributed by atoms with Crippen molar-refractivity contribution in [2.24, 2.45) is 5.92 Å². The van der Waals surface area contributed by atoms with Crippen LogP contribution >= 0.6 is 0 Å². The summed E-state index contributed by atoms with van der Waals surface area (Å²) in [4.78, 5) is 51.1. The fourth-order valence-electron chi connectivity index (χ4n) is 4.50. The number of methoxy groups -OCH3 is 1. The summed E-state index contributed by atoms with van der Waals surface area (Å²) in [5.74, 6) is -0.0413. The number of carbonyl (C=O) groups is 2. The molecule has 1 saturated carbocycles. The van der Waals surface area contributed by atoms with E-state index in [0.29, 0.717) is 56.9 Å². The van der Waals surface area contributed by atoms with Crippen molar-refractivity contribution in [2.45, 2.75) is 38.6 Å². The van der Waals surface area contributed by atoms with E-state index in [2.05, 4.69) is 9.97 Å². The maximum atomic E-state index is 13.2. The van der Waals surface area contributed by atoms with Gasteiger partial charge in [0.25, 0.3) is 11.5 Å². The zero-order valence-corrected chi connectivity index (χ0v) is 18.0. The standard InChI is InChI=1S/C22H29N5O4/c1-31-15-5-10-27-19-17(8-4-9-23-19)24-18(22(27)30)21(29)26-13-11-25(12-14-26)20(28)16-6-2-3-7-16/h4,8-9,16H,2-3,5-7,10-15H2,1H3. The van der Waals surface area contributed by atoms with Gasteiger partial charge in [-0.1, -0.05) is 12.8 Å².